The van der Waals surface area contributed by atoms with E-state index < -0.39 is 11.4 Å². The van der Waals surface area contributed by atoms with Gasteiger partial charge in [0.1, 0.15) is 5.82 Å². The average Bonchev–Trinajstić information content (AvgIpc) is 2.60. The largest absolute Gasteiger partial charge is 0.481 e. The third-order valence-corrected chi connectivity index (χ3v) is 3.61. The molecule has 1 atom stereocenters. The quantitative estimate of drug-likeness (QED) is 0.835. The third-order valence-electron chi connectivity index (χ3n) is 3.61. The van der Waals surface area contributed by atoms with Crippen LogP contribution in [0.5, 0.6) is 0 Å². The summed E-state index contributed by atoms with van der Waals surface area (Å²) in [5.41, 5.74) is 1.12. The van der Waals surface area contributed by atoms with Crippen LogP contribution in [-0.2, 0) is 11.2 Å². The zero-order valence-corrected chi connectivity index (χ0v) is 9.46. The van der Waals surface area contributed by atoms with Gasteiger partial charge in [-0.2, -0.15) is 0 Å². The average molecular weight is 222 g/mol. The minimum atomic E-state index is -0.834. The monoisotopic (exact) mass is 222 g/mol. The van der Waals surface area contributed by atoms with Gasteiger partial charge in [0.25, 0.3) is 0 Å². The summed E-state index contributed by atoms with van der Waals surface area (Å²) in [7, 11) is 0. The fourth-order valence-corrected chi connectivity index (χ4v) is 2.47. The van der Waals surface area contributed by atoms with Crippen molar-refractivity contribution in [3.63, 3.8) is 0 Å². The van der Waals surface area contributed by atoms with E-state index >= 15 is 0 Å². The molecule has 0 saturated carbocycles. The molecule has 0 amide bonds. The third kappa shape index (κ3) is 1.60. The van der Waals surface area contributed by atoms with Gasteiger partial charge in [-0.05, 0) is 49.9 Å². The maximum Gasteiger partial charge on any atom is 0.309 e. The lowest BCUT2D eigenvalue weighted by atomic mass is 9.75. The van der Waals surface area contributed by atoms with Crippen LogP contribution in [0.25, 0.3) is 0 Å². The highest BCUT2D eigenvalue weighted by atomic mass is 19.1. The van der Waals surface area contributed by atoms with Crippen LogP contribution in [0, 0.1) is 11.2 Å². The number of halogens is 1. The molecule has 16 heavy (non-hydrogen) atoms. The Hall–Kier alpha value is -1.38. The Kier molecular flexibility index (Phi) is 2.49. The van der Waals surface area contributed by atoms with Gasteiger partial charge in [0, 0.05) is 5.92 Å². The first-order chi connectivity index (χ1) is 7.43. The molecule has 0 heterocycles. The summed E-state index contributed by atoms with van der Waals surface area (Å²) < 4.78 is 13.2. The smallest absolute Gasteiger partial charge is 0.309 e. The van der Waals surface area contributed by atoms with Crippen LogP contribution in [0.3, 0.4) is 0 Å². The van der Waals surface area contributed by atoms with Crippen molar-refractivity contribution in [3.8, 4) is 0 Å². The molecule has 1 aliphatic carbocycles. The number of rotatable bonds is 2. The second-order valence-electron chi connectivity index (χ2n) is 4.96. The SMILES string of the molecule is CC(C)(C(=O)O)C1CCc2ccc(F)cc21. The number of hydrogen-bond donors (Lipinski definition) is 1. The van der Waals surface area contributed by atoms with E-state index in [0.717, 1.165) is 24.0 Å². The lowest BCUT2D eigenvalue weighted by Gasteiger charge is -2.27. The number of fused-ring (bicyclic) bond motifs is 1. The minimum absolute atomic E-state index is 0.0873. The van der Waals surface area contributed by atoms with Crippen LogP contribution < -0.4 is 0 Å². The van der Waals surface area contributed by atoms with Gasteiger partial charge in [0.2, 0.25) is 0 Å². The molecule has 0 fully saturated rings. The molecule has 0 saturated heterocycles. The summed E-state index contributed by atoms with van der Waals surface area (Å²) in [6.07, 6.45) is 1.63. The molecule has 86 valence electrons. The topological polar surface area (TPSA) is 37.3 Å². The molecule has 1 aromatic carbocycles. The van der Waals surface area contributed by atoms with Gasteiger partial charge in [0.05, 0.1) is 5.41 Å². The van der Waals surface area contributed by atoms with E-state index in [0.29, 0.717) is 0 Å². The molecule has 0 radical (unpaired) electrons. The van der Waals surface area contributed by atoms with Crippen molar-refractivity contribution in [3.05, 3.63) is 35.1 Å². The highest BCUT2D eigenvalue weighted by Crippen LogP contribution is 2.45. The van der Waals surface area contributed by atoms with Crippen LogP contribution in [-0.4, -0.2) is 11.1 Å². The number of benzene rings is 1. The van der Waals surface area contributed by atoms with Gasteiger partial charge >= 0.3 is 5.97 Å². The predicted octanol–water partition coefficient (Wildman–Crippen LogP) is 2.97. The summed E-state index contributed by atoms with van der Waals surface area (Å²) in [6, 6.07) is 4.69. The summed E-state index contributed by atoms with van der Waals surface area (Å²) in [5, 5.41) is 9.20. The van der Waals surface area contributed by atoms with Crippen molar-refractivity contribution in [1.82, 2.24) is 0 Å². The lowest BCUT2D eigenvalue weighted by Crippen LogP contribution is -2.30. The second-order valence-corrected chi connectivity index (χ2v) is 4.96. The zero-order valence-electron chi connectivity index (χ0n) is 9.46. The van der Waals surface area contributed by atoms with Gasteiger partial charge in [-0.15, -0.1) is 0 Å². The Balaban J connectivity index is 2.43. The molecule has 1 unspecified atom stereocenters. The Morgan fingerprint density at radius 1 is 1.50 bits per heavy atom. The molecule has 0 spiro atoms. The summed E-state index contributed by atoms with van der Waals surface area (Å²) in [6.45, 7) is 3.42. The van der Waals surface area contributed by atoms with Crippen molar-refractivity contribution in [2.75, 3.05) is 0 Å². The number of aliphatic carboxylic acids is 1. The molecule has 2 nitrogen and oxygen atoms in total. The summed E-state index contributed by atoms with van der Waals surface area (Å²) in [4.78, 5) is 11.2. The molecule has 1 aliphatic rings. The molecule has 0 bridgehead atoms. The Labute approximate surface area is 94.1 Å². The van der Waals surface area contributed by atoms with Gasteiger partial charge < -0.3 is 5.11 Å². The molecule has 1 aromatic rings. The second kappa shape index (κ2) is 3.58. The predicted molar refractivity (Wildman–Crippen MR) is 58.9 cm³/mol. The lowest BCUT2D eigenvalue weighted by molar-refractivity contribution is -0.148. The van der Waals surface area contributed by atoms with Crippen LogP contribution in [0.2, 0.25) is 0 Å². The number of hydrogen-bond acceptors (Lipinski definition) is 1. The maximum absolute atomic E-state index is 13.2. The van der Waals surface area contributed by atoms with Gasteiger partial charge in [-0.25, -0.2) is 4.39 Å². The maximum atomic E-state index is 13.2. The molecular formula is C13H15FO2. The van der Waals surface area contributed by atoms with Crippen molar-refractivity contribution in [2.24, 2.45) is 5.41 Å². The normalized spacial score (nSPS) is 19.6. The van der Waals surface area contributed by atoms with Crippen molar-refractivity contribution < 1.29 is 14.3 Å². The van der Waals surface area contributed by atoms with E-state index in [-0.39, 0.29) is 11.7 Å². The molecule has 3 heteroatoms. The van der Waals surface area contributed by atoms with E-state index in [9.17, 15) is 14.3 Å². The molecule has 2 rings (SSSR count). The standard InChI is InChI=1S/C13H15FO2/c1-13(2,12(15)16)11-6-4-8-3-5-9(14)7-10(8)11/h3,5,7,11H,4,6H2,1-2H3,(H,15,16). The zero-order chi connectivity index (χ0) is 11.9. The van der Waals surface area contributed by atoms with E-state index in [1.54, 1.807) is 19.9 Å². The molecule has 0 aromatic heterocycles. The van der Waals surface area contributed by atoms with E-state index in [2.05, 4.69) is 0 Å². The van der Waals surface area contributed by atoms with Crippen LogP contribution >= 0.6 is 0 Å². The van der Waals surface area contributed by atoms with Crippen molar-refractivity contribution in [2.45, 2.75) is 32.6 Å². The summed E-state index contributed by atoms with van der Waals surface area (Å²) >= 11 is 0. The fraction of sp³-hybridized carbons (Fsp3) is 0.462. The van der Waals surface area contributed by atoms with E-state index in [4.69, 9.17) is 0 Å². The first-order valence-electron chi connectivity index (χ1n) is 5.44. The Bertz CT molecular complexity index is 438. The van der Waals surface area contributed by atoms with Crippen LogP contribution in [0.4, 0.5) is 4.39 Å². The number of carbonyl (C=O) groups is 1. The minimum Gasteiger partial charge on any atom is -0.481 e. The highest BCUT2D eigenvalue weighted by molar-refractivity contribution is 5.75. The highest BCUT2D eigenvalue weighted by Gasteiger charge is 2.41. The van der Waals surface area contributed by atoms with Crippen molar-refractivity contribution in [1.29, 1.82) is 0 Å². The van der Waals surface area contributed by atoms with Crippen LogP contribution in [0.15, 0.2) is 18.2 Å². The van der Waals surface area contributed by atoms with Gasteiger partial charge in [-0.3, -0.25) is 4.79 Å². The number of carboxylic acid groups (broad SMARTS) is 1. The summed E-state index contributed by atoms with van der Waals surface area (Å²) in [5.74, 6) is -1.20. The number of carboxylic acids is 1. The first kappa shape index (κ1) is 11.1. The van der Waals surface area contributed by atoms with E-state index in [1.165, 1.54) is 12.1 Å². The van der Waals surface area contributed by atoms with E-state index in [1.807, 2.05) is 0 Å². The molecule has 1 N–H and O–H groups in total. The Morgan fingerprint density at radius 2 is 2.19 bits per heavy atom. The van der Waals surface area contributed by atoms with Gasteiger partial charge in [-0.1, -0.05) is 6.07 Å². The Morgan fingerprint density at radius 3 is 2.81 bits per heavy atom. The van der Waals surface area contributed by atoms with Crippen LogP contribution in [0.1, 0.15) is 37.3 Å². The number of aryl methyl sites for hydroxylation is 1. The first-order valence-corrected chi connectivity index (χ1v) is 5.44. The van der Waals surface area contributed by atoms with Crippen molar-refractivity contribution >= 4 is 5.97 Å². The molecular weight excluding hydrogens is 207 g/mol. The molecule has 0 aliphatic heterocycles. The van der Waals surface area contributed by atoms with Gasteiger partial charge in [0.15, 0.2) is 0 Å². The fourth-order valence-electron chi connectivity index (χ4n) is 2.47.